The molecule has 1 saturated heterocycles. The first kappa shape index (κ1) is 22.7. The average molecular weight is 415 g/mol. The van der Waals surface area contributed by atoms with E-state index in [1.807, 2.05) is 0 Å². The number of likely N-dealkylation sites (tertiary alicyclic amines) is 1. The van der Waals surface area contributed by atoms with Gasteiger partial charge in [-0.05, 0) is 17.5 Å². The van der Waals surface area contributed by atoms with Crippen LogP contribution in [0.3, 0.4) is 0 Å². The number of oxime groups is 1. The van der Waals surface area contributed by atoms with Gasteiger partial charge in [0.1, 0.15) is 5.71 Å². The number of carbonyl (C=O) groups excluding carboxylic acids is 1. The SMILES string of the molecule is CCc1ccc(CN2CCC3(CC(C(=O)NC)=NO3)C2)cc1.O=C(O)C(F)(F)F. The number of carboxylic acid groups (broad SMARTS) is 1. The van der Waals surface area contributed by atoms with Crippen molar-refractivity contribution in [3.63, 3.8) is 0 Å². The van der Waals surface area contributed by atoms with Crippen LogP contribution >= 0.6 is 0 Å². The molecule has 1 amide bonds. The fraction of sp³-hybridized carbons (Fsp3) is 0.526. The number of halogens is 3. The van der Waals surface area contributed by atoms with Crippen molar-refractivity contribution in [1.82, 2.24) is 10.2 Å². The van der Waals surface area contributed by atoms with Crippen LogP contribution in [0.5, 0.6) is 0 Å². The van der Waals surface area contributed by atoms with Crippen LogP contribution in [0.15, 0.2) is 29.4 Å². The van der Waals surface area contributed by atoms with Gasteiger partial charge in [0.2, 0.25) is 0 Å². The largest absolute Gasteiger partial charge is 0.490 e. The van der Waals surface area contributed by atoms with Crippen molar-refractivity contribution >= 4 is 17.6 Å². The Kier molecular flexibility index (Phi) is 7.23. The van der Waals surface area contributed by atoms with Gasteiger partial charge in [-0.25, -0.2) is 4.79 Å². The van der Waals surface area contributed by atoms with Gasteiger partial charge in [0.15, 0.2) is 5.60 Å². The number of hydrogen-bond donors (Lipinski definition) is 2. The summed E-state index contributed by atoms with van der Waals surface area (Å²) in [5.74, 6) is -2.89. The number of rotatable bonds is 4. The highest BCUT2D eigenvalue weighted by molar-refractivity contribution is 6.39. The summed E-state index contributed by atoms with van der Waals surface area (Å²) in [6.45, 7) is 4.89. The molecule has 0 radical (unpaired) electrons. The predicted molar refractivity (Wildman–Crippen MR) is 99.3 cm³/mol. The molecule has 1 aromatic rings. The van der Waals surface area contributed by atoms with Crippen molar-refractivity contribution in [2.45, 2.75) is 44.5 Å². The van der Waals surface area contributed by atoms with Gasteiger partial charge >= 0.3 is 12.1 Å². The van der Waals surface area contributed by atoms with Gasteiger partial charge in [0.25, 0.3) is 5.91 Å². The molecule has 0 aromatic heterocycles. The molecule has 1 atom stereocenters. The molecule has 2 aliphatic heterocycles. The minimum Gasteiger partial charge on any atom is -0.475 e. The van der Waals surface area contributed by atoms with E-state index in [0.29, 0.717) is 12.1 Å². The number of carbonyl (C=O) groups is 2. The first-order chi connectivity index (χ1) is 13.6. The van der Waals surface area contributed by atoms with E-state index in [0.717, 1.165) is 32.5 Å². The van der Waals surface area contributed by atoms with E-state index in [-0.39, 0.29) is 11.5 Å². The summed E-state index contributed by atoms with van der Waals surface area (Å²) >= 11 is 0. The maximum Gasteiger partial charge on any atom is 0.490 e. The lowest BCUT2D eigenvalue weighted by molar-refractivity contribution is -0.192. The van der Waals surface area contributed by atoms with E-state index in [2.05, 4.69) is 46.6 Å². The minimum atomic E-state index is -5.08. The second-order valence-corrected chi connectivity index (χ2v) is 7.00. The van der Waals surface area contributed by atoms with Gasteiger partial charge in [-0.2, -0.15) is 13.2 Å². The zero-order valence-electron chi connectivity index (χ0n) is 16.3. The Hall–Kier alpha value is -2.62. The van der Waals surface area contributed by atoms with Gasteiger partial charge in [-0.3, -0.25) is 9.69 Å². The zero-order valence-corrected chi connectivity index (χ0v) is 16.3. The van der Waals surface area contributed by atoms with Crippen LogP contribution in [0.2, 0.25) is 0 Å². The Bertz CT molecular complexity index is 765. The molecule has 3 rings (SSSR count). The Morgan fingerprint density at radius 1 is 1.28 bits per heavy atom. The third kappa shape index (κ3) is 6.18. The molecule has 2 heterocycles. The fourth-order valence-electron chi connectivity index (χ4n) is 3.21. The molecule has 1 unspecified atom stereocenters. The molecule has 0 saturated carbocycles. The number of aliphatic carboxylic acids is 1. The molecule has 0 bridgehead atoms. The number of nitrogens with one attached hydrogen (secondary N) is 1. The lowest BCUT2D eigenvalue weighted by Crippen LogP contribution is -2.36. The van der Waals surface area contributed by atoms with Gasteiger partial charge in [0.05, 0.1) is 0 Å². The predicted octanol–water partition coefficient (Wildman–Crippen LogP) is 2.35. The second-order valence-electron chi connectivity index (χ2n) is 7.00. The molecule has 10 heteroatoms. The van der Waals surface area contributed by atoms with Gasteiger partial charge in [-0.1, -0.05) is 36.3 Å². The van der Waals surface area contributed by atoms with Crippen LogP contribution in [0, 0.1) is 0 Å². The minimum absolute atomic E-state index is 0.134. The lowest BCUT2D eigenvalue weighted by Gasteiger charge is -2.21. The van der Waals surface area contributed by atoms with Crippen LogP contribution < -0.4 is 5.32 Å². The van der Waals surface area contributed by atoms with Gasteiger partial charge in [-0.15, -0.1) is 0 Å². The van der Waals surface area contributed by atoms with E-state index in [9.17, 15) is 18.0 Å². The molecule has 160 valence electrons. The Balaban J connectivity index is 0.000000370. The molecular formula is C19H24F3N3O4. The quantitative estimate of drug-likeness (QED) is 0.788. The zero-order chi connectivity index (χ0) is 21.7. The Morgan fingerprint density at radius 3 is 2.38 bits per heavy atom. The number of hydrogen-bond acceptors (Lipinski definition) is 5. The van der Waals surface area contributed by atoms with Crippen molar-refractivity contribution in [3.8, 4) is 0 Å². The van der Waals surface area contributed by atoms with E-state index in [1.165, 1.54) is 11.1 Å². The molecule has 2 aliphatic rings. The van der Waals surface area contributed by atoms with Crippen LogP contribution in [0.25, 0.3) is 0 Å². The molecule has 2 N–H and O–H groups in total. The molecular weight excluding hydrogens is 391 g/mol. The maximum atomic E-state index is 11.7. The Labute approximate surface area is 166 Å². The summed E-state index contributed by atoms with van der Waals surface area (Å²) < 4.78 is 31.7. The number of alkyl halides is 3. The third-order valence-corrected chi connectivity index (χ3v) is 4.80. The van der Waals surface area contributed by atoms with Crippen molar-refractivity contribution in [1.29, 1.82) is 0 Å². The first-order valence-electron chi connectivity index (χ1n) is 9.16. The highest BCUT2D eigenvalue weighted by Gasteiger charge is 2.46. The third-order valence-electron chi connectivity index (χ3n) is 4.80. The van der Waals surface area contributed by atoms with E-state index in [4.69, 9.17) is 14.7 Å². The normalized spacial score (nSPS) is 21.2. The van der Waals surface area contributed by atoms with Gasteiger partial charge < -0.3 is 15.3 Å². The lowest BCUT2D eigenvalue weighted by atomic mass is 9.96. The summed E-state index contributed by atoms with van der Waals surface area (Å²) in [7, 11) is 1.62. The second kappa shape index (κ2) is 9.25. The topological polar surface area (TPSA) is 91.2 Å². The van der Waals surface area contributed by atoms with Crippen molar-refractivity contribution < 1.29 is 32.7 Å². The standard InChI is InChI=1S/C17H23N3O2.C2HF3O2/c1-3-13-4-6-14(7-5-13)11-20-9-8-17(12-20)10-15(19-22-17)16(21)18-2;3-2(4,5)1(6)7/h4-7H,3,8-12H2,1-2H3,(H,18,21);(H,6,7). The van der Waals surface area contributed by atoms with Crippen molar-refractivity contribution in [2.75, 3.05) is 20.1 Å². The molecule has 1 fully saturated rings. The molecule has 1 aromatic carbocycles. The monoisotopic (exact) mass is 415 g/mol. The smallest absolute Gasteiger partial charge is 0.475 e. The molecule has 29 heavy (non-hydrogen) atoms. The van der Waals surface area contributed by atoms with Crippen LogP contribution in [-0.4, -0.2) is 59.5 Å². The fourth-order valence-corrected chi connectivity index (χ4v) is 3.21. The number of aryl methyl sites for hydroxylation is 1. The average Bonchev–Trinajstić information content (AvgIpc) is 3.28. The van der Waals surface area contributed by atoms with E-state index in [1.54, 1.807) is 7.05 Å². The van der Waals surface area contributed by atoms with E-state index < -0.39 is 12.1 Å². The molecule has 0 aliphatic carbocycles. The number of carboxylic acids is 1. The van der Waals surface area contributed by atoms with Crippen molar-refractivity contribution in [2.24, 2.45) is 5.16 Å². The van der Waals surface area contributed by atoms with Gasteiger partial charge in [0, 0.05) is 39.5 Å². The van der Waals surface area contributed by atoms with Crippen molar-refractivity contribution in [3.05, 3.63) is 35.4 Å². The summed E-state index contributed by atoms with van der Waals surface area (Å²) in [5.41, 5.74) is 2.89. The number of amides is 1. The summed E-state index contributed by atoms with van der Waals surface area (Å²) in [4.78, 5) is 28.6. The number of benzene rings is 1. The highest BCUT2D eigenvalue weighted by Crippen LogP contribution is 2.34. The molecule has 7 nitrogen and oxygen atoms in total. The van der Waals surface area contributed by atoms with Crippen LogP contribution in [0.1, 0.15) is 30.9 Å². The molecule has 1 spiro atoms. The number of nitrogens with zero attached hydrogens (tertiary/aromatic N) is 2. The summed E-state index contributed by atoms with van der Waals surface area (Å²) in [6.07, 6.45) is -2.48. The van der Waals surface area contributed by atoms with E-state index >= 15 is 0 Å². The maximum absolute atomic E-state index is 11.7. The summed E-state index contributed by atoms with van der Waals surface area (Å²) in [6, 6.07) is 8.79. The highest BCUT2D eigenvalue weighted by atomic mass is 19.4. The van der Waals surface area contributed by atoms with Crippen LogP contribution in [0.4, 0.5) is 13.2 Å². The first-order valence-corrected chi connectivity index (χ1v) is 9.16. The van der Waals surface area contributed by atoms with Crippen LogP contribution in [-0.2, 0) is 27.4 Å². The Morgan fingerprint density at radius 2 is 1.86 bits per heavy atom. The summed E-state index contributed by atoms with van der Waals surface area (Å²) in [5, 5.41) is 13.7.